The van der Waals surface area contributed by atoms with Crippen LogP contribution in [0.5, 0.6) is 0 Å². The van der Waals surface area contributed by atoms with E-state index in [4.69, 9.17) is 0 Å². The molecule has 1 unspecified atom stereocenters. The lowest BCUT2D eigenvalue weighted by atomic mass is 10.1. The number of nitrogens with zero attached hydrogens (tertiary/aromatic N) is 3. The zero-order valence-electron chi connectivity index (χ0n) is 12.2. The van der Waals surface area contributed by atoms with Gasteiger partial charge in [0.25, 0.3) is 5.56 Å². The fourth-order valence-corrected chi connectivity index (χ4v) is 2.67. The maximum atomic E-state index is 12.4. The van der Waals surface area contributed by atoms with E-state index in [0.717, 1.165) is 30.3 Å². The zero-order valence-corrected chi connectivity index (χ0v) is 12.2. The van der Waals surface area contributed by atoms with Gasteiger partial charge in [0, 0.05) is 25.9 Å². The van der Waals surface area contributed by atoms with Crippen molar-refractivity contribution in [3.63, 3.8) is 0 Å². The van der Waals surface area contributed by atoms with E-state index in [0.29, 0.717) is 6.54 Å². The summed E-state index contributed by atoms with van der Waals surface area (Å²) in [6, 6.07) is 1.09. The average molecular weight is 295 g/mol. The van der Waals surface area contributed by atoms with E-state index in [2.05, 4.69) is 0 Å². The molecular weight excluding hydrogens is 274 g/mol. The van der Waals surface area contributed by atoms with E-state index in [1.807, 2.05) is 0 Å². The predicted molar refractivity (Wildman–Crippen MR) is 77.0 cm³/mol. The Bertz CT molecular complexity index is 619. The number of aromatic nitrogens is 2. The molecule has 2 rings (SSSR count). The second kappa shape index (κ2) is 6.71. The molecule has 0 aliphatic carbocycles. The molecule has 0 bridgehead atoms. The van der Waals surface area contributed by atoms with Gasteiger partial charge in [-0.25, -0.2) is 4.79 Å². The molecule has 7 nitrogen and oxygen atoms in total. The Balaban J connectivity index is 2.18. The van der Waals surface area contributed by atoms with Crippen LogP contribution >= 0.6 is 0 Å². The Labute approximate surface area is 122 Å². The van der Waals surface area contributed by atoms with Crippen LogP contribution in [0, 0.1) is 0 Å². The largest absolute Gasteiger partial charge is 0.394 e. The number of aliphatic hydroxyl groups excluding tert-OH is 1. The molecule has 0 aromatic carbocycles. The molecule has 1 saturated heterocycles. The number of rotatable bonds is 3. The van der Waals surface area contributed by atoms with Crippen LogP contribution in [0.25, 0.3) is 0 Å². The SMILES string of the molecule is Cn1c(=O)ccn(CC(=O)N2CCCCCC2CO)c1=O. The lowest BCUT2D eigenvalue weighted by Crippen LogP contribution is -2.46. The van der Waals surface area contributed by atoms with Crippen molar-refractivity contribution in [1.29, 1.82) is 0 Å². The van der Waals surface area contributed by atoms with E-state index >= 15 is 0 Å². The summed E-state index contributed by atoms with van der Waals surface area (Å²) < 4.78 is 2.20. The average Bonchev–Trinajstić information content (AvgIpc) is 2.73. The molecule has 1 N–H and O–H groups in total. The van der Waals surface area contributed by atoms with Crippen molar-refractivity contribution in [2.75, 3.05) is 13.2 Å². The molecule has 1 aromatic rings. The summed E-state index contributed by atoms with van der Waals surface area (Å²) in [5.74, 6) is -0.198. The maximum absolute atomic E-state index is 12.4. The summed E-state index contributed by atoms with van der Waals surface area (Å²) in [5, 5.41) is 9.43. The number of carbonyl (C=O) groups is 1. The van der Waals surface area contributed by atoms with Crippen molar-refractivity contribution in [3.8, 4) is 0 Å². The van der Waals surface area contributed by atoms with Gasteiger partial charge in [0.05, 0.1) is 12.6 Å². The number of hydrogen-bond donors (Lipinski definition) is 1. The summed E-state index contributed by atoms with van der Waals surface area (Å²) >= 11 is 0. The number of likely N-dealkylation sites (tertiary alicyclic amines) is 1. The van der Waals surface area contributed by atoms with Crippen LogP contribution in [0.2, 0.25) is 0 Å². The number of carbonyl (C=O) groups excluding carboxylic acids is 1. The molecule has 1 aliphatic rings. The third-order valence-electron chi connectivity index (χ3n) is 3.97. The van der Waals surface area contributed by atoms with Crippen molar-refractivity contribution in [2.24, 2.45) is 7.05 Å². The molecule has 1 aliphatic heterocycles. The zero-order chi connectivity index (χ0) is 15.4. The first-order chi connectivity index (χ1) is 10.0. The highest BCUT2D eigenvalue weighted by molar-refractivity contribution is 5.76. The van der Waals surface area contributed by atoms with Gasteiger partial charge in [-0.15, -0.1) is 0 Å². The molecule has 1 atom stereocenters. The van der Waals surface area contributed by atoms with Gasteiger partial charge in [0.1, 0.15) is 6.54 Å². The molecule has 2 heterocycles. The van der Waals surface area contributed by atoms with Gasteiger partial charge in [-0.2, -0.15) is 0 Å². The highest BCUT2D eigenvalue weighted by Crippen LogP contribution is 2.16. The predicted octanol–water partition coefficient (Wildman–Crippen LogP) is -0.689. The molecule has 1 aromatic heterocycles. The Morgan fingerprint density at radius 1 is 1.33 bits per heavy atom. The van der Waals surface area contributed by atoms with Crippen LogP contribution in [0.15, 0.2) is 21.9 Å². The highest BCUT2D eigenvalue weighted by atomic mass is 16.3. The first-order valence-electron chi connectivity index (χ1n) is 7.21. The monoisotopic (exact) mass is 295 g/mol. The van der Waals surface area contributed by atoms with Crippen molar-refractivity contribution < 1.29 is 9.90 Å². The first-order valence-corrected chi connectivity index (χ1v) is 7.21. The Morgan fingerprint density at radius 2 is 2.10 bits per heavy atom. The molecule has 0 radical (unpaired) electrons. The molecule has 0 spiro atoms. The summed E-state index contributed by atoms with van der Waals surface area (Å²) in [4.78, 5) is 37.3. The van der Waals surface area contributed by atoms with Crippen LogP contribution in [0.4, 0.5) is 0 Å². The molecule has 116 valence electrons. The smallest absolute Gasteiger partial charge is 0.331 e. The number of hydrogen-bond acceptors (Lipinski definition) is 4. The molecule has 7 heteroatoms. The van der Waals surface area contributed by atoms with Gasteiger partial charge < -0.3 is 10.0 Å². The molecule has 1 fully saturated rings. The second-order valence-electron chi connectivity index (χ2n) is 5.40. The van der Waals surface area contributed by atoms with Crippen molar-refractivity contribution in [2.45, 2.75) is 38.3 Å². The third-order valence-corrected chi connectivity index (χ3v) is 3.97. The molecule has 21 heavy (non-hydrogen) atoms. The van der Waals surface area contributed by atoms with E-state index in [1.165, 1.54) is 23.9 Å². The fourth-order valence-electron chi connectivity index (χ4n) is 2.67. The minimum absolute atomic E-state index is 0.0616. The first kappa shape index (κ1) is 15.5. The van der Waals surface area contributed by atoms with E-state index < -0.39 is 11.2 Å². The van der Waals surface area contributed by atoms with Gasteiger partial charge in [-0.3, -0.25) is 18.7 Å². The molecule has 0 saturated carbocycles. The van der Waals surface area contributed by atoms with Gasteiger partial charge in [0.2, 0.25) is 5.91 Å². The van der Waals surface area contributed by atoms with Gasteiger partial charge in [0.15, 0.2) is 0 Å². The highest BCUT2D eigenvalue weighted by Gasteiger charge is 2.25. The maximum Gasteiger partial charge on any atom is 0.331 e. The summed E-state index contributed by atoms with van der Waals surface area (Å²) in [7, 11) is 1.38. The summed E-state index contributed by atoms with van der Waals surface area (Å²) in [6.07, 6.45) is 5.07. The summed E-state index contributed by atoms with van der Waals surface area (Å²) in [6.45, 7) is 0.432. The van der Waals surface area contributed by atoms with Crippen LogP contribution < -0.4 is 11.2 Å². The second-order valence-corrected chi connectivity index (χ2v) is 5.40. The van der Waals surface area contributed by atoms with E-state index in [1.54, 1.807) is 4.90 Å². The molecule has 1 amide bonds. The normalized spacial score (nSPS) is 19.3. The number of amides is 1. The Morgan fingerprint density at radius 3 is 2.81 bits per heavy atom. The fraction of sp³-hybridized carbons (Fsp3) is 0.643. The minimum atomic E-state index is -0.508. The van der Waals surface area contributed by atoms with Gasteiger partial charge in [-0.05, 0) is 12.8 Å². The standard InChI is InChI=1S/C14H21N3O4/c1-15-12(19)6-8-16(14(15)21)9-13(20)17-7-4-2-3-5-11(17)10-18/h6,8,11,18H,2-5,7,9-10H2,1H3. The van der Waals surface area contributed by atoms with Crippen LogP contribution in [-0.4, -0.2) is 44.2 Å². The van der Waals surface area contributed by atoms with Crippen molar-refractivity contribution >= 4 is 5.91 Å². The molecular formula is C14H21N3O4. The minimum Gasteiger partial charge on any atom is -0.394 e. The Hall–Kier alpha value is -1.89. The van der Waals surface area contributed by atoms with Crippen LogP contribution in [-0.2, 0) is 18.4 Å². The van der Waals surface area contributed by atoms with E-state index in [9.17, 15) is 19.5 Å². The number of aliphatic hydroxyl groups is 1. The van der Waals surface area contributed by atoms with Crippen LogP contribution in [0.1, 0.15) is 25.7 Å². The quantitative estimate of drug-likeness (QED) is 0.800. The lowest BCUT2D eigenvalue weighted by Gasteiger charge is -2.28. The Kier molecular flexibility index (Phi) is 4.95. The van der Waals surface area contributed by atoms with Crippen molar-refractivity contribution in [3.05, 3.63) is 33.1 Å². The van der Waals surface area contributed by atoms with Gasteiger partial charge >= 0.3 is 5.69 Å². The lowest BCUT2D eigenvalue weighted by molar-refractivity contribution is -0.135. The van der Waals surface area contributed by atoms with E-state index in [-0.39, 0.29) is 25.1 Å². The van der Waals surface area contributed by atoms with Crippen LogP contribution in [0.3, 0.4) is 0 Å². The summed E-state index contributed by atoms with van der Waals surface area (Å²) in [5.41, 5.74) is -0.905. The third kappa shape index (κ3) is 3.41. The van der Waals surface area contributed by atoms with Crippen molar-refractivity contribution in [1.82, 2.24) is 14.0 Å². The van der Waals surface area contributed by atoms with Gasteiger partial charge in [-0.1, -0.05) is 12.8 Å². The topological polar surface area (TPSA) is 84.5 Å².